The maximum atomic E-state index is 11.5. The molecule has 2 heterocycles. The number of carbonyl (C=O) groups is 1. The van der Waals surface area contributed by atoms with E-state index in [-0.39, 0.29) is 17.9 Å². The molecule has 1 unspecified atom stereocenters. The second kappa shape index (κ2) is 3.77. The average molecular weight is 229 g/mol. The molecule has 15 heavy (non-hydrogen) atoms. The van der Waals surface area contributed by atoms with Crippen molar-refractivity contribution in [1.29, 1.82) is 0 Å². The van der Waals surface area contributed by atoms with Crippen molar-refractivity contribution in [2.24, 2.45) is 0 Å². The number of nitrogens with zero attached hydrogens (tertiary/aromatic N) is 1. The van der Waals surface area contributed by atoms with Gasteiger partial charge in [-0.25, -0.2) is 13.4 Å². The highest BCUT2D eigenvalue weighted by molar-refractivity contribution is 7.92. The number of rotatable bonds is 3. The lowest BCUT2D eigenvalue weighted by molar-refractivity contribution is 0.109. The van der Waals surface area contributed by atoms with E-state index in [0.29, 0.717) is 25.0 Å². The Labute approximate surface area is 87.4 Å². The van der Waals surface area contributed by atoms with Crippen molar-refractivity contribution in [1.82, 2.24) is 4.98 Å². The molecule has 1 aliphatic heterocycles. The van der Waals surface area contributed by atoms with Crippen LogP contribution in [0.5, 0.6) is 0 Å². The van der Waals surface area contributed by atoms with E-state index < -0.39 is 15.1 Å². The Hall–Kier alpha value is -1.17. The standard InChI is InChI=1S/C9H11NO4S/c11-6-7-5-10-9(14-7)4-8-2-1-3-15(8,12)13/h5-6,8H,1-4H2. The summed E-state index contributed by atoms with van der Waals surface area (Å²) in [5.41, 5.74) is 0. The molecule has 0 N–H and O–H groups in total. The van der Waals surface area contributed by atoms with Crippen molar-refractivity contribution in [3.63, 3.8) is 0 Å². The highest BCUT2D eigenvalue weighted by Crippen LogP contribution is 2.23. The van der Waals surface area contributed by atoms with Crippen LogP contribution in [0.25, 0.3) is 0 Å². The molecule has 0 saturated carbocycles. The molecule has 1 aliphatic rings. The first-order valence-electron chi connectivity index (χ1n) is 4.73. The first kappa shape index (κ1) is 10.4. The minimum atomic E-state index is -2.97. The van der Waals surface area contributed by atoms with E-state index in [0.717, 1.165) is 0 Å². The van der Waals surface area contributed by atoms with Crippen LogP contribution >= 0.6 is 0 Å². The third kappa shape index (κ3) is 2.09. The second-order valence-corrected chi connectivity index (χ2v) is 6.01. The lowest BCUT2D eigenvalue weighted by Crippen LogP contribution is -2.18. The second-order valence-electron chi connectivity index (χ2n) is 3.61. The Bertz CT molecular complexity index is 462. The summed E-state index contributed by atoms with van der Waals surface area (Å²) < 4.78 is 28.1. The quantitative estimate of drug-likeness (QED) is 0.709. The van der Waals surface area contributed by atoms with Gasteiger partial charge in [0.05, 0.1) is 17.2 Å². The van der Waals surface area contributed by atoms with Crippen LogP contribution in [-0.4, -0.2) is 30.7 Å². The fourth-order valence-electron chi connectivity index (χ4n) is 1.76. The average Bonchev–Trinajstić information content (AvgIpc) is 2.75. The van der Waals surface area contributed by atoms with E-state index >= 15 is 0 Å². The Morgan fingerprint density at radius 2 is 2.40 bits per heavy atom. The van der Waals surface area contributed by atoms with Crippen LogP contribution in [0.2, 0.25) is 0 Å². The molecule has 0 amide bonds. The minimum Gasteiger partial charge on any atom is -0.438 e. The van der Waals surface area contributed by atoms with Gasteiger partial charge >= 0.3 is 0 Å². The zero-order valence-corrected chi connectivity index (χ0v) is 8.87. The molecule has 2 rings (SSSR count). The van der Waals surface area contributed by atoms with E-state index in [9.17, 15) is 13.2 Å². The van der Waals surface area contributed by atoms with Crippen LogP contribution < -0.4 is 0 Å². The van der Waals surface area contributed by atoms with Gasteiger partial charge in [0.15, 0.2) is 27.8 Å². The van der Waals surface area contributed by atoms with Gasteiger partial charge in [-0.05, 0) is 12.8 Å². The summed E-state index contributed by atoms with van der Waals surface area (Å²) >= 11 is 0. The van der Waals surface area contributed by atoms with E-state index in [2.05, 4.69) is 4.98 Å². The maximum absolute atomic E-state index is 11.5. The monoisotopic (exact) mass is 229 g/mol. The highest BCUT2D eigenvalue weighted by Gasteiger charge is 2.32. The number of sulfone groups is 1. The van der Waals surface area contributed by atoms with Crippen molar-refractivity contribution >= 4 is 16.1 Å². The summed E-state index contributed by atoms with van der Waals surface area (Å²) in [5.74, 6) is 0.715. The summed E-state index contributed by atoms with van der Waals surface area (Å²) in [7, 11) is -2.97. The van der Waals surface area contributed by atoms with Crippen LogP contribution in [-0.2, 0) is 16.3 Å². The van der Waals surface area contributed by atoms with Gasteiger partial charge in [0.25, 0.3) is 0 Å². The highest BCUT2D eigenvalue weighted by atomic mass is 32.2. The van der Waals surface area contributed by atoms with E-state index in [1.165, 1.54) is 6.20 Å². The third-order valence-electron chi connectivity index (χ3n) is 2.55. The molecule has 1 fully saturated rings. The van der Waals surface area contributed by atoms with Crippen molar-refractivity contribution in [2.75, 3.05) is 5.75 Å². The summed E-state index contributed by atoms with van der Waals surface area (Å²) in [6.45, 7) is 0. The van der Waals surface area contributed by atoms with Crippen LogP contribution in [0.15, 0.2) is 10.6 Å². The van der Waals surface area contributed by atoms with Crippen molar-refractivity contribution in [3.05, 3.63) is 17.8 Å². The predicted molar refractivity (Wildman–Crippen MR) is 52.4 cm³/mol. The van der Waals surface area contributed by atoms with Gasteiger partial charge in [0.2, 0.25) is 0 Å². The first-order valence-corrected chi connectivity index (χ1v) is 6.45. The lowest BCUT2D eigenvalue weighted by Gasteiger charge is -2.04. The number of aldehydes is 1. The molecule has 0 aromatic carbocycles. The van der Waals surface area contributed by atoms with Crippen LogP contribution in [0.3, 0.4) is 0 Å². The first-order chi connectivity index (χ1) is 7.12. The van der Waals surface area contributed by atoms with Gasteiger partial charge < -0.3 is 4.42 Å². The molecule has 0 bridgehead atoms. The summed E-state index contributed by atoms with van der Waals surface area (Å²) in [4.78, 5) is 14.2. The number of hydrogen-bond acceptors (Lipinski definition) is 5. The Kier molecular flexibility index (Phi) is 2.60. The molecule has 1 saturated heterocycles. The van der Waals surface area contributed by atoms with Crippen molar-refractivity contribution in [2.45, 2.75) is 24.5 Å². The van der Waals surface area contributed by atoms with Gasteiger partial charge in [0, 0.05) is 6.42 Å². The van der Waals surface area contributed by atoms with Gasteiger partial charge in [0.1, 0.15) is 0 Å². The van der Waals surface area contributed by atoms with E-state index in [1.807, 2.05) is 0 Å². The molecule has 0 spiro atoms. The predicted octanol–water partition coefficient (Wildman–Crippen LogP) is 0.607. The fourth-order valence-corrected chi connectivity index (χ4v) is 3.58. The molecule has 0 aliphatic carbocycles. The SMILES string of the molecule is O=Cc1cnc(CC2CCCS2(=O)=O)o1. The van der Waals surface area contributed by atoms with Gasteiger partial charge in [-0.2, -0.15) is 0 Å². The number of carbonyl (C=O) groups excluding carboxylic acids is 1. The fraction of sp³-hybridized carbons (Fsp3) is 0.556. The largest absolute Gasteiger partial charge is 0.438 e. The number of aromatic nitrogens is 1. The molecule has 1 aromatic heterocycles. The number of oxazole rings is 1. The maximum Gasteiger partial charge on any atom is 0.196 e. The smallest absolute Gasteiger partial charge is 0.196 e. The molecule has 1 atom stereocenters. The summed E-state index contributed by atoms with van der Waals surface area (Å²) in [6.07, 6.45) is 3.50. The summed E-state index contributed by atoms with van der Waals surface area (Å²) in [6, 6.07) is 0. The van der Waals surface area contributed by atoms with Crippen LogP contribution in [0, 0.1) is 0 Å². The zero-order chi connectivity index (χ0) is 10.9. The van der Waals surface area contributed by atoms with Gasteiger partial charge in [-0.1, -0.05) is 0 Å². The van der Waals surface area contributed by atoms with Crippen LogP contribution in [0.1, 0.15) is 29.3 Å². The molecule has 5 nitrogen and oxygen atoms in total. The Balaban J connectivity index is 2.12. The topological polar surface area (TPSA) is 77.2 Å². The third-order valence-corrected chi connectivity index (χ3v) is 4.83. The normalized spacial score (nSPS) is 24.1. The number of hydrogen-bond donors (Lipinski definition) is 0. The van der Waals surface area contributed by atoms with Gasteiger partial charge in [-0.3, -0.25) is 4.79 Å². The molecule has 1 aromatic rings. The van der Waals surface area contributed by atoms with Crippen molar-refractivity contribution in [3.8, 4) is 0 Å². The molecular weight excluding hydrogens is 218 g/mol. The van der Waals surface area contributed by atoms with Crippen molar-refractivity contribution < 1.29 is 17.6 Å². The summed E-state index contributed by atoms with van der Waals surface area (Å²) in [5, 5.41) is -0.393. The molecule has 6 heteroatoms. The zero-order valence-electron chi connectivity index (χ0n) is 8.05. The Morgan fingerprint density at radius 3 is 2.93 bits per heavy atom. The molecule has 82 valence electrons. The lowest BCUT2D eigenvalue weighted by atomic mass is 10.2. The molecule has 0 radical (unpaired) electrons. The molecular formula is C9H11NO4S. The minimum absolute atomic E-state index is 0.139. The Morgan fingerprint density at radius 1 is 1.60 bits per heavy atom. The van der Waals surface area contributed by atoms with Crippen LogP contribution in [0.4, 0.5) is 0 Å². The van der Waals surface area contributed by atoms with E-state index in [4.69, 9.17) is 4.42 Å². The van der Waals surface area contributed by atoms with E-state index in [1.54, 1.807) is 0 Å². The van der Waals surface area contributed by atoms with Gasteiger partial charge in [-0.15, -0.1) is 0 Å².